The Bertz CT molecular complexity index is 581. The second-order valence-electron chi connectivity index (χ2n) is 4.97. The maximum absolute atomic E-state index is 9.18. The van der Waals surface area contributed by atoms with Gasteiger partial charge in [-0.1, -0.05) is 29.8 Å². The third-order valence-corrected chi connectivity index (χ3v) is 3.34. The first-order valence-corrected chi connectivity index (χ1v) is 6.75. The smallest absolute Gasteiger partial charge is 0.124 e. The molecular formula is C17H21NO2. The summed E-state index contributed by atoms with van der Waals surface area (Å²) < 4.78 is 5.42. The summed E-state index contributed by atoms with van der Waals surface area (Å²) in [4.78, 5) is 0. The minimum Gasteiger partial charge on any atom is -0.496 e. The number of aryl methyl sites for hydroxylation is 1. The van der Waals surface area contributed by atoms with Gasteiger partial charge in [-0.05, 0) is 37.6 Å². The first-order chi connectivity index (χ1) is 9.63. The van der Waals surface area contributed by atoms with E-state index in [0.717, 1.165) is 22.6 Å². The molecule has 20 heavy (non-hydrogen) atoms. The first-order valence-electron chi connectivity index (χ1n) is 6.75. The van der Waals surface area contributed by atoms with Crippen LogP contribution in [-0.2, 0) is 6.61 Å². The SMILES string of the molecule is COc1ccc(C)cc1C(C)Nc1cccc(CO)c1. The quantitative estimate of drug-likeness (QED) is 0.872. The minimum absolute atomic E-state index is 0.0532. The molecule has 1 unspecified atom stereocenters. The normalized spacial score (nSPS) is 12.0. The molecule has 0 saturated heterocycles. The standard InChI is InChI=1S/C17H21NO2/c1-12-7-8-17(20-3)16(9-12)13(2)18-15-6-4-5-14(10-15)11-19/h4-10,13,18-19H,11H2,1-3H3. The summed E-state index contributed by atoms with van der Waals surface area (Å²) in [6, 6.07) is 14.1. The predicted octanol–water partition coefficient (Wildman–Crippen LogP) is 3.67. The minimum atomic E-state index is 0.0532. The van der Waals surface area contributed by atoms with Crippen LogP contribution in [0.25, 0.3) is 0 Å². The molecule has 0 aromatic heterocycles. The number of benzene rings is 2. The average molecular weight is 271 g/mol. The number of nitrogens with one attached hydrogen (secondary N) is 1. The van der Waals surface area contributed by atoms with Gasteiger partial charge in [0.1, 0.15) is 5.75 Å². The van der Waals surface area contributed by atoms with E-state index in [-0.39, 0.29) is 12.6 Å². The molecule has 3 heteroatoms. The van der Waals surface area contributed by atoms with Gasteiger partial charge in [0.2, 0.25) is 0 Å². The van der Waals surface area contributed by atoms with Crippen LogP contribution in [-0.4, -0.2) is 12.2 Å². The average Bonchev–Trinajstić information content (AvgIpc) is 2.47. The predicted molar refractivity (Wildman–Crippen MR) is 82.1 cm³/mol. The fourth-order valence-corrected chi connectivity index (χ4v) is 2.28. The maximum Gasteiger partial charge on any atom is 0.124 e. The number of rotatable bonds is 5. The topological polar surface area (TPSA) is 41.5 Å². The highest BCUT2D eigenvalue weighted by molar-refractivity contribution is 5.50. The van der Waals surface area contributed by atoms with E-state index in [9.17, 15) is 5.11 Å². The van der Waals surface area contributed by atoms with Crippen LogP contribution in [0.1, 0.15) is 29.7 Å². The lowest BCUT2D eigenvalue weighted by Gasteiger charge is -2.19. The summed E-state index contributed by atoms with van der Waals surface area (Å²) in [7, 11) is 1.69. The van der Waals surface area contributed by atoms with Gasteiger partial charge in [0.15, 0.2) is 0 Å². The number of aliphatic hydroxyl groups is 1. The van der Waals surface area contributed by atoms with Gasteiger partial charge in [-0.2, -0.15) is 0 Å². The van der Waals surface area contributed by atoms with Crippen molar-refractivity contribution in [2.45, 2.75) is 26.5 Å². The Labute approximate surface area is 120 Å². The maximum atomic E-state index is 9.18. The van der Waals surface area contributed by atoms with Crippen molar-refractivity contribution >= 4 is 5.69 Å². The molecule has 2 rings (SSSR count). The van der Waals surface area contributed by atoms with Crippen LogP contribution in [0.2, 0.25) is 0 Å². The first kappa shape index (κ1) is 14.4. The van der Waals surface area contributed by atoms with E-state index < -0.39 is 0 Å². The van der Waals surface area contributed by atoms with Gasteiger partial charge in [0.25, 0.3) is 0 Å². The molecule has 106 valence electrons. The summed E-state index contributed by atoms with van der Waals surface area (Å²) in [6.07, 6.45) is 0. The molecule has 0 fully saturated rings. The van der Waals surface area contributed by atoms with E-state index in [4.69, 9.17) is 4.74 Å². The van der Waals surface area contributed by atoms with Crippen LogP contribution in [0.15, 0.2) is 42.5 Å². The number of hydrogen-bond acceptors (Lipinski definition) is 3. The molecule has 2 N–H and O–H groups in total. The van der Waals surface area contributed by atoms with Crippen LogP contribution in [0.4, 0.5) is 5.69 Å². The van der Waals surface area contributed by atoms with Crippen molar-refractivity contribution < 1.29 is 9.84 Å². The molecule has 2 aromatic carbocycles. The van der Waals surface area contributed by atoms with Gasteiger partial charge in [-0.3, -0.25) is 0 Å². The second kappa shape index (κ2) is 6.44. The molecule has 2 aromatic rings. The molecule has 0 aliphatic rings. The Morgan fingerprint density at radius 2 is 2.00 bits per heavy atom. The third-order valence-electron chi connectivity index (χ3n) is 3.34. The highest BCUT2D eigenvalue weighted by Crippen LogP contribution is 2.28. The van der Waals surface area contributed by atoms with Crippen LogP contribution in [0.3, 0.4) is 0 Å². The van der Waals surface area contributed by atoms with E-state index in [2.05, 4.69) is 25.2 Å². The second-order valence-corrected chi connectivity index (χ2v) is 4.97. The molecule has 0 aliphatic carbocycles. The Kier molecular flexibility index (Phi) is 4.64. The summed E-state index contributed by atoms with van der Waals surface area (Å²) in [5.74, 6) is 0.883. The van der Waals surface area contributed by atoms with Crippen molar-refractivity contribution in [3.05, 3.63) is 59.2 Å². The molecule has 1 atom stereocenters. The molecule has 0 heterocycles. The molecule has 0 aliphatic heterocycles. The number of ether oxygens (including phenoxy) is 1. The summed E-state index contributed by atoms with van der Waals surface area (Å²) in [5, 5.41) is 12.6. The van der Waals surface area contributed by atoms with E-state index in [1.165, 1.54) is 5.56 Å². The lowest BCUT2D eigenvalue weighted by Crippen LogP contribution is -2.08. The Morgan fingerprint density at radius 3 is 2.70 bits per heavy atom. The van der Waals surface area contributed by atoms with Crippen LogP contribution in [0.5, 0.6) is 5.75 Å². The number of hydrogen-bond donors (Lipinski definition) is 2. The third kappa shape index (κ3) is 3.31. The molecule has 0 radical (unpaired) electrons. The fourth-order valence-electron chi connectivity index (χ4n) is 2.28. The van der Waals surface area contributed by atoms with Gasteiger partial charge in [-0.25, -0.2) is 0 Å². The molecule has 0 spiro atoms. The molecule has 0 bridgehead atoms. The molecule has 0 saturated carbocycles. The van der Waals surface area contributed by atoms with Crippen molar-refractivity contribution in [2.24, 2.45) is 0 Å². The number of aliphatic hydroxyl groups excluding tert-OH is 1. The van der Waals surface area contributed by atoms with Crippen molar-refractivity contribution in [2.75, 3.05) is 12.4 Å². The number of methoxy groups -OCH3 is 1. The van der Waals surface area contributed by atoms with E-state index >= 15 is 0 Å². The Balaban J connectivity index is 2.23. The Hall–Kier alpha value is -2.00. The summed E-state index contributed by atoms with van der Waals surface area (Å²) >= 11 is 0. The lowest BCUT2D eigenvalue weighted by atomic mass is 10.0. The summed E-state index contributed by atoms with van der Waals surface area (Å²) in [5.41, 5.74) is 4.23. The van der Waals surface area contributed by atoms with Gasteiger partial charge in [0, 0.05) is 11.3 Å². The zero-order chi connectivity index (χ0) is 14.5. The zero-order valence-electron chi connectivity index (χ0n) is 12.2. The van der Waals surface area contributed by atoms with Crippen molar-refractivity contribution in [3.63, 3.8) is 0 Å². The van der Waals surface area contributed by atoms with Crippen LogP contribution >= 0.6 is 0 Å². The van der Waals surface area contributed by atoms with Gasteiger partial charge in [-0.15, -0.1) is 0 Å². The van der Waals surface area contributed by atoms with Crippen LogP contribution in [0, 0.1) is 6.92 Å². The monoisotopic (exact) mass is 271 g/mol. The molecule has 3 nitrogen and oxygen atoms in total. The fraction of sp³-hybridized carbons (Fsp3) is 0.294. The van der Waals surface area contributed by atoms with E-state index in [1.807, 2.05) is 36.4 Å². The van der Waals surface area contributed by atoms with Gasteiger partial charge >= 0.3 is 0 Å². The lowest BCUT2D eigenvalue weighted by molar-refractivity contribution is 0.282. The van der Waals surface area contributed by atoms with Gasteiger partial charge < -0.3 is 15.2 Å². The number of anilines is 1. The van der Waals surface area contributed by atoms with Gasteiger partial charge in [0.05, 0.1) is 19.8 Å². The van der Waals surface area contributed by atoms with Crippen molar-refractivity contribution in [1.82, 2.24) is 0 Å². The zero-order valence-corrected chi connectivity index (χ0v) is 12.2. The van der Waals surface area contributed by atoms with Crippen molar-refractivity contribution in [3.8, 4) is 5.75 Å². The van der Waals surface area contributed by atoms with E-state index in [0.29, 0.717) is 0 Å². The molecular weight excluding hydrogens is 250 g/mol. The highest BCUT2D eigenvalue weighted by atomic mass is 16.5. The molecule has 0 amide bonds. The highest BCUT2D eigenvalue weighted by Gasteiger charge is 2.11. The Morgan fingerprint density at radius 1 is 1.20 bits per heavy atom. The summed E-state index contributed by atoms with van der Waals surface area (Å²) in [6.45, 7) is 4.22. The van der Waals surface area contributed by atoms with E-state index in [1.54, 1.807) is 7.11 Å². The van der Waals surface area contributed by atoms with Crippen molar-refractivity contribution in [1.29, 1.82) is 0 Å². The van der Waals surface area contributed by atoms with Crippen LogP contribution < -0.4 is 10.1 Å². The largest absolute Gasteiger partial charge is 0.496 e.